The monoisotopic (exact) mass is 499 g/mol. The number of amides is 2. The number of nitrogens with one attached hydrogen (secondary N) is 2. The van der Waals surface area contributed by atoms with Gasteiger partial charge in [0.05, 0.1) is 5.69 Å². The zero-order valence-corrected chi connectivity index (χ0v) is 21.3. The Morgan fingerprint density at radius 3 is 2.59 bits per heavy atom. The fourth-order valence-corrected chi connectivity index (χ4v) is 5.02. The average Bonchev–Trinajstić information content (AvgIpc) is 2.93. The highest BCUT2D eigenvalue weighted by Gasteiger charge is 2.24. The lowest BCUT2D eigenvalue weighted by Gasteiger charge is -2.34. The predicted molar refractivity (Wildman–Crippen MR) is 145 cm³/mol. The molecule has 3 aromatic rings. The Bertz CT molecular complexity index is 1270. The first-order valence-electron chi connectivity index (χ1n) is 12.9. The Labute approximate surface area is 217 Å². The summed E-state index contributed by atoms with van der Waals surface area (Å²) in [4.78, 5) is 27.8. The van der Waals surface area contributed by atoms with Gasteiger partial charge in [-0.3, -0.25) is 14.5 Å². The molecular formula is C30H33N3O4. The lowest BCUT2D eigenvalue weighted by molar-refractivity contribution is -0.122. The minimum absolute atomic E-state index is 0.202. The van der Waals surface area contributed by atoms with Gasteiger partial charge in [-0.2, -0.15) is 0 Å². The third-order valence-electron chi connectivity index (χ3n) is 7.11. The summed E-state index contributed by atoms with van der Waals surface area (Å²) >= 11 is 0. The Morgan fingerprint density at radius 1 is 1.05 bits per heavy atom. The number of carbonyl (C=O) groups is 2. The van der Waals surface area contributed by atoms with Crippen LogP contribution in [0.5, 0.6) is 5.75 Å². The van der Waals surface area contributed by atoms with E-state index in [1.54, 1.807) is 25.1 Å². The van der Waals surface area contributed by atoms with Crippen LogP contribution in [0.3, 0.4) is 0 Å². The van der Waals surface area contributed by atoms with Crippen LogP contribution in [0.2, 0.25) is 0 Å². The van der Waals surface area contributed by atoms with E-state index in [0.29, 0.717) is 28.7 Å². The van der Waals surface area contributed by atoms with Crippen molar-refractivity contribution >= 4 is 23.2 Å². The third-order valence-corrected chi connectivity index (χ3v) is 7.11. The van der Waals surface area contributed by atoms with Crippen molar-refractivity contribution in [1.82, 2.24) is 4.90 Å². The number of carbonyl (C=O) groups excluding carboxylic acids is 2. The molecule has 1 fully saturated rings. The molecule has 0 saturated carbocycles. The van der Waals surface area contributed by atoms with Gasteiger partial charge in [-0.05, 0) is 73.3 Å². The normalized spacial score (nSPS) is 17.6. The van der Waals surface area contributed by atoms with E-state index in [1.165, 1.54) is 0 Å². The highest BCUT2D eigenvalue weighted by atomic mass is 16.5. The first-order valence-corrected chi connectivity index (χ1v) is 12.9. The van der Waals surface area contributed by atoms with Crippen LogP contribution in [0.4, 0.5) is 11.4 Å². The summed E-state index contributed by atoms with van der Waals surface area (Å²) < 4.78 is 11.2. The van der Waals surface area contributed by atoms with Crippen LogP contribution in [-0.4, -0.2) is 48.6 Å². The summed E-state index contributed by atoms with van der Waals surface area (Å²) in [6, 6.07) is 21.9. The van der Waals surface area contributed by atoms with Gasteiger partial charge in [0, 0.05) is 37.1 Å². The molecule has 1 saturated heterocycles. The van der Waals surface area contributed by atoms with Crippen molar-refractivity contribution in [3.05, 3.63) is 77.9 Å². The van der Waals surface area contributed by atoms with Crippen molar-refractivity contribution in [2.45, 2.75) is 45.4 Å². The standard InChI is InChI=1S/C30H33N3O4/c1-3-33(25-13-15-36-16-14-25)19-23-17-22(9-11-26(23)21-7-5-4-6-8-21)30(35)31-24-10-12-28-27(18-24)32-29(34)20(2)37-28/h4-12,17-18,20,25H,3,13-16,19H2,1-2H3,(H,31,35)(H,32,34). The Hall–Kier alpha value is -3.68. The first kappa shape index (κ1) is 25.0. The summed E-state index contributed by atoms with van der Waals surface area (Å²) in [5.74, 6) is 0.181. The van der Waals surface area contributed by atoms with Gasteiger partial charge < -0.3 is 20.1 Å². The van der Waals surface area contributed by atoms with Gasteiger partial charge in [0.25, 0.3) is 11.8 Å². The predicted octanol–water partition coefficient (Wildman–Crippen LogP) is 5.33. The molecule has 0 bridgehead atoms. The van der Waals surface area contributed by atoms with Gasteiger partial charge in [-0.15, -0.1) is 0 Å². The molecule has 37 heavy (non-hydrogen) atoms. The van der Waals surface area contributed by atoms with Gasteiger partial charge >= 0.3 is 0 Å². The van der Waals surface area contributed by atoms with Crippen LogP contribution in [0.15, 0.2) is 66.7 Å². The second-order valence-corrected chi connectivity index (χ2v) is 9.56. The Morgan fingerprint density at radius 2 is 1.84 bits per heavy atom. The molecule has 0 aromatic heterocycles. The molecule has 2 N–H and O–H groups in total. The van der Waals surface area contributed by atoms with Crippen LogP contribution < -0.4 is 15.4 Å². The molecule has 7 heteroatoms. The molecule has 7 nitrogen and oxygen atoms in total. The lowest BCUT2D eigenvalue weighted by atomic mass is 9.95. The molecule has 192 valence electrons. The van der Waals surface area contributed by atoms with Crippen LogP contribution in [0.25, 0.3) is 11.1 Å². The van der Waals surface area contributed by atoms with E-state index in [9.17, 15) is 9.59 Å². The van der Waals surface area contributed by atoms with Crippen LogP contribution in [0, 0.1) is 0 Å². The molecule has 2 amide bonds. The maximum absolute atomic E-state index is 13.3. The Balaban J connectivity index is 1.41. The van der Waals surface area contributed by atoms with Crippen molar-refractivity contribution in [3.63, 3.8) is 0 Å². The molecule has 0 spiro atoms. The first-order chi connectivity index (χ1) is 18.0. The zero-order valence-electron chi connectivity index (χ0n) is 21.3. The van der Waals surface area contributed by atoms with E-state index < -0.39 is 6.10 Å². The van der Waals surface area contributed by atoms with E-state index in [2.05, 4.69) is 34.6 Å². The SMILES string of the molecule is CCN(Cc1cc(C(=O)Nc2ccc3c(c2)NC(=O)C(C)O3)ccc1-c1ccccc1)C1CCOCC1. The fraction of sp³-hybridized carbons (Fsp3) is 0.333. The molecule has 2 heterocycles. The maximum Gasteiger partial charge on any atom is 0.265 e. The van der Waals surface area contributed by atoms with E-state index >= 15 is 0 Å². The van der Waals surface area contributed by atoms with Gasteiger partial charge in [-0.1, -0.05) is 43.3 Å². The number of anilines is 2. The summed E-state index contributed by atoms with van der Waals surface area (Å²) in [6.07, 6.45) is 1.50. The molecular weight excluding hydrogens is 466 g/mol. The van der Waals surface area contributed by atoms with Gasteiger partial charge in [0.2, 0.25) is 0 Å². The van der Waals surface area contributed by atoms with E-state index in [0.717, 1.165) is 55.8 Å². The number of benzene rings is 3. The molecule has 2 aliphatic heterocycles. The number of nitrogens with zero attached hydrogens (tertiary/aromatic N) is 1. The summed E-state index contributed by atoms with van der Waals surface area (Å²) in [5, 5.41) is 5.80. The van der Waals surface area contributed by atoms with Crippen molar-refractivity contribution in [3.8, 4) is 16.9 Å². The summed E-state index contributed by atoms with van der Waals surface area (Å²) in [6.45, 7) is 7.16. The molecule has 0 aliphatic carbocycles. The van der Waals surface area contributed by atoms with Crippen LogP contribution in [-0.2, 0) is 16.1 Å². The van der Waals surface area contributed by atoms with Crippen molar-refractivity contribution in [2.24, 2.45) is 0 Å². The molecule has 5 rings (SSSR count). The van der Waals surface area contributed by atoms with Gasteiger partial charge in [0.15, 0.2) is 6.10 Å². The average molecular weight is 500 g/mol. The second kappa shape index (κ2) is 11.2. The molecule has 2 aliphatic rings. The molecule has 1 atom stereocenters. The van der Waals surface area contributed by atoms with Crippen LogP contribution in [0.1, 0.15) is 42.6 Å². The van der Waals surface area contributed by atoms with Crippen molar-refractivity contribution < 1.29 is 19.1 Å². The quantitative estimate of drug-likeness (QED) is 0.460. The number of hydrogen-bond donors (Lipinski definition) is 2. The number of hydrogen-bond acceptors (Lipinski definition) is 5. The molecule has 0 radical (unpaired) electrons. The van der Waals surface area contributed by atoms with E-state index in [1.807, 2.05) is 36.4 Å². The highest BCUT2D eigenvalue weighted by Crippen LogP contribution is 2.33. The zero-order chi connectivity index (χ0) is 25.8. The second-order valence-electron chi connectivity index (χ2n) is 9.56. The minimum Gasteiger partial charge on any atom is -0.479 e. The summed E-state index contributed by atoms with van der Waals surface area (Å²) in [7, 11) is 0. The largest absolute Gasteiger partial charge is 0.479 e. The third kappa shape index (κ3) is 5.68. The fourth-order valence-electron chi connectivity index (χ4n) is 5.02. The topological polar surface area (TPSA) is 79.9 Å². The number of ether oxygens (including phenoxy) is 2. The van der Waals surface area contributed by atoms with E-state index in [-0.39, 0.29) is 11.8 Å². The van der Waals surface area contributed by atoms with Gasteiger partial charge in [0.1, 0.15) is 5.75 Å². The maximum atomic E-state index is 13.3. The molecule has 3 aromatic carbocycles. The molecule has 1 unspecified atom stereocenters. The lowest BCUT2D eigenvalue weighted by Crippen LogP contribution is -2.39. The summed E-state index contributed by atoms with van der Waals surface area (Å²) in [5.41, 5.74) is 5.11. The van der Waals surface area contributed by atoms with Gasteiger partial charge in [-0.25, -0.2) is 0 Å². The van der Waals surface area contributed by atoms with Crippen molar-refractivity contribution in [2.75, 3.05) is 30.4 Å². The van der Waals surface area contributed by atoms with Crippen molar-refractivity contribution in [1.29, 1.82) is 0 Å². The number of rotatable bonds is 7. The highest BCUT2D eigenvalue weighted by molar-refractivity contribution is 6.05. The smallest absolute Gasteiger partial charge is 0.265 e. The minimum atomic E-state index is -0.543. The number of fused-ring (bicyclic) bond motifs is 1. The van der Waals surface area contributed by atoms with E-state index in [4.69, 9.17) is 9.47 Å². The van der Waals surface area contributed by atoms with Crippen LogP contribution >= 0.6 is 0 Å². The Kier molecular flexibility index (Phi) is 7.53.